The summed E-state index contributed by atoms with van der Waals surface area (Å²) in [6, 6.07) is 10.1. The molecule has 0 radical (unpaired) electrons. The van der Waals surface area contributed by atoms with E-state index >= 15 is 0 Å². The van der Waals surface area contributed by atoms with E-state index in [-0.39, 0.29) is 16.5 Å². The third kappa shape index (κ3) is 3.11. The minimum atomic E-state index is -0.0994. The molecule has 0 amide bonds. The van der Waals surface area contributed by atoms with Crippen molar-refractivity contribution in [2.75, 3.05) is 7.11 Å². The van der Waals surface area contributed by atoms with Crippen molar-refractivity contribution < 1.29 is 14.9 Å². The number of methoxy groups -OCH3 is 1. The Hall–Kier alpha value is -2.43. The van der Waals surface area contributed by atoms with E-state index in [4.69, 9.17) is 27.9 Å². The molecule has 0 unspecified atom stereocenters. The van der Waals surface area contributed by atoms with E-state index in [0.29, 0.717) is 27.4 Å². The Morgan fingerprint density at radius 3 is 2.54 bits per heavy atom. The lowest BCUT2D eigenvalue weighted by Crippen LogP contribution is -1.86. The Morgan fingerprint density at radius 2 is 1.79 bits per heavy atom. The molecule has 6 heteroatoms. The number of halogens is 2. The summed E-state index contributed by atoms with van der Waals surface area (Å²) in [6.45, 7) is 0. The highest BCUT2D eigenvalue weighted by molar-refractivity contribution is 6.39. The molecule has 3 aromatic rings. The first-order valence-corrected chi connectivity index (χ1v) is 7.78. The van der Waals surface area contributed by atoms with E-state index in [2.05, 4.69) is 4.98 Å². The van der Waals surface area contributed by atoms with Crippen LogP contribution in [0.1, 0.15) is 11.3 Å². The largest absolute Gasteiger partial charge is 0.504 e. The number of benzene rings is 2. The maximum Gasteiger partial charge on any atom is 0.161 e. The number of ether oxygens (including phenoxy) is 1. The molecule has 0 aliphatic rings. The number of aromatic nitrogens is 1. The summed E-state index contributed by atoms with van der Waals surface area (Å²) in [4.78, 5) is 4.39. The number of hydrogen-bond donors (Lipinski definition) is 2. The van der Waals surface area contributed by atoms with E-state index < -0.39 is 0 Å². The fourth-order valence-electron chi connectivity index (χ4n) is 2.29. The van der Waals surface area contributed by atoms with Crippen LogP contribution in [-0.2, 0) is 0 Å². The number of rotatable bonds is 3. The standard InChI is InChI=1S/C18H13Cl2NO3/c1-24-16-8-10(3-7-15(16)22)2-4-11-5-6-12-13(19)9-14(20)18(23)17(12)21-11/h2-9,22-23H,1H3/b4-2+. The highest BCUT2D eigenvalue weighted by atomic mass is 35.5. The number of pyridine rings is 1. The summed E-state index contributed by atoms with van der Waals surface area (Å²) in [6.07, 6.45) is 3.60. The number of nitrogens with zero attached hydrogens (tertiary/aromatic N) is 1. The predicted octanol–water partition coefficient (Wildman–Crippen LogP) is 5.13. The van der Waals surface area contributed by atoms with Gasteiger partial charge in [-0.25, -0.2) is 4.98 Å². The second kappa shape index (κ2) is 6.59. The molecule has 1 aromatic heterocycles. The molecule has 0 saturated heterocycles. The maximum atomic E-state index is 10.1. The molecular formula is C18H13Cl2NO3. The van der Waals surface area contributed by atoms with Crippen molar-refractivity contribution in [3.8, 4) is 17.2 Å². The second-order valence-electron chi connectivity index (χ2n) is 5.09. The van der Waals surface area contributed by atoms with E-state index in [9.17, 15) is 10.2 Å². The van der Waals surface area contributed by atoms with Gasteiger partial charge in [0, 0.05) is 5.39 Å². The zero-order chi connectivity index (χ0) is 17.3. The highest BCUT2D eigenvalue weighted by Crippen LogP contribution is 2.36. The van der Waals surface area contributed by atoms with Gasteiger partial charge in [-0.1, -0.05) is 35.3 Å². The Kier molecular flexibility index (Phi) is 4.51. The first-order valence-electron chi connectivity index (χ1n) is 7.02. The lowest BCUT2D eigenvalue weighted by Gasteiger charge is -2.06. The van der Waals surface area contributed by atoms with Gasteiger partial charge in [-0.2, -0.15) is 0 Å². The topological polar surface area (TPSA) is 62.6 Å². The van der Waals surface area contributed by atoms with E-state index in [0.717, 1.165) is 5.56 Å². The van der Waals surface area contributed by atoms with Gasteiger partial charge in [0.1, 0.15) is 5.52 Å². The number of hydrogen-bond acceptors (Lipinski definition) is 4. The van der Waals surface area contributed by atoms with Crippen LogP contribution in [0.25, 0.3) is 23.1 Å². The minimum Gasteiger partial charge on any atom is -0.504 e. The average Bonchev–Trinajstić information content (AvgIpc) is 2.59. The quantitative estimate of drug-likeness (QED) is 0.678. The average molecular weight is 362 g/mol. The minimum absolute atomic E-state index is 0.0766. The Morgan fingerprint density at radius 1 is 1.00 bits per heavy atom. The summed E-state index contributed by atoms with van der Waals surface area (Å²) >= 11 is 12.1. The van der Waals surface area contributed by atoms with E-state index in [1.54, 1.807) is 36.4 Å². The number of phenols is 2. The third-order valence-electron chi connectivity index (χ3n) is 3.53. The van der Waals surface area contributed by atoms with E-state index in [1.807, 2.05) is 6.08 Å². The van der Waals surface area contributed by atoms with Crippen LogP contribution >= 0.6 is 23.2 Å². The van der Waals surface area contributed by atoms with Gasteiger partial charge in [0.05, 0.1) is 22.8 Å². The zero-order valence-corrected chi connectivity index (χ0v) is 14.1. The van der Waals surface area contributed by atoms with Crippen LogP contribution in [0.5, 0.6) is 17.2 Å². The van der Waals surface area contributed by atoms with Gasteiger partial charge < -0.3 is 14.9 Å². The Labute approximate surface area is 148 Å². The number of fused-ring (bicyclic) bond motifs is 1. The zero-order valence-electron chi connectivity index (χ0n) is 12.6. The monoisotopic (exact) mass is 361 g/mol. The molecular weight excluding hydrogens is 349 g/mol. The molecule has 1 heterocycles. The third-order valence-corrected chi connectivity index (χ3v) is 4.13. The van der Waals surface area contributed by atoms with Crippen LogP contribution in [0.3, 0.4) is 0 Å². The highest BCUT2D eigenvalue weighted by Gasteiger charge is 2.10. The molecule has 0 spiro atoms. The van der Waals surface area contributed by atoms with Crippen molar-refractivity contribution in [1.82, 2.24) is 4.98 Å². The molecule has 0 fully saturated rings. The molecule has 3 rings (SSSR count). The van der Waals surface area contributed by atoms with Gasteiger partial charge in [-0.05, 0) is 42.0 Å². The van der Waals surface area contributed by atoms with Crippen LogP contribution in [0.4, 0.5) is 0 Å². The summed E-state index contributed by atoms with van der Waals surface area (Å²) in [5.41, 5.74) is 1.81. The first-order chi connectivity index (χ1) is 11.5. The van der Waals surface area contributed by atoms with Crippen molar-refractivity contribution in [2.45, 2.75) is 0 Å². The van der Waals surface area contributed by atoms with Crippen LogP contribution in [-0.4, -0.2) is 22.3 Å². The lowest BCUT2D eigenvalue weighted by molar-refractivity contribution is 0.373. The van der Waals surface area contributed by atoms with Crippen molar-refractivity contribution in [3.05, 3.63) is 57.7 Å². The Balaban J connectivity index is 2.00. The summed E-state index contributed by atoms with van der Waals surface area (Å²) in [7, 11) is 1.49. The van der Waals surface area contributed by atoms with Gasteiger partial charge in [-0.15, -0.1) is 0 Å². The van der Waals surface area contributed by atoms with Gasteiger partial charge in [0.2, 0.25) is 0 Å². The first kappa shape index (κ1) is 16.4. The molecule has 0 saturated carbocycles. The fraction of sp³-hybridized carbons (Fsp3) is 0.0556. The number of aromatic hydroxyl groups is 2. The SMILES string of the molecule is COc1cc(/C=C/c2ccc3c(Cl)cc(Cl)c(O)c3n2)ccc1O. The van der Waals surface area contributed by atoms with Crippen molar-refractivity contribution >= 4 is 46.3 Å². The molecule has 0 aliphatic carbocycles. The lowest BCUT2D eigenvalue weighted by atomic mass is 10.1. The molecule has 2 aromatic carbocycles. The van der Waals surface area contributed by atoms with Gasteiger partial charge in [0.25, 0.3) is 0 Å². The van der Waals surface area contributed by atoms with Crippen molar-refractivity contribution in [1.29, 1.82) is 0 Å². The molecule has 0 bridgehead atoms. The Bertz CT molecular complexity index is 955. The second-order valence-corrected chi connectivity index (χ2v) is 5.90. The molecule has 0 atom stereocenters. The molecule has 2 N–H and O–H groups in total. The molecule has 0 aliphatic heterocycles. The smallest absolute Gasteiger partial charge is 0.161 e. The fourth-order valence-corrected chi connectivity index (χ4v) is 2.81. The van der Waals surface area contributed by atoms with Crippen LogP contribution in [0.15, 0.2) is 36.4 Å². The van der Waals surface area contributed by atoms with Gasteiger partial charge >= 0.3 is 0 Å². The van der Waals surface area contributed by atoms with Crippen LogP contribution in [0, 0.1) is 0 Å². The summed E-state index contributed by atoms with van der Waals surface area (Å²) < 4.78 is 5.08. The molecule has 4 nitrogen and oxygen atoms in total. The van der Waals surface area contributed by atoms with E-state index in [1.165, 1.54) is 13.2 Å². The van der Waals surface area contributed by atoms with Gasteiger partial charge in [-0.3, -0.25) is 0 Å². The summed E-state index contributed by atoms with van der Waals surface area (Å²) in [5.74, 6) is 0.366. The number of phenolic OH excluding ortho intramolecular Hbond substituents is 2. The van der Waals surface area contributed by atoms with Crippen molar-refractivity contribution in [3.63, 3.8) is 0 Å². The van der Waals surface area contributed by atoms with Crippen LogP contribution < -0.4 is 4.74 Å². The summed E-state index contributed by atoms with van der Waals surface area (Å²) in [5, 5.41) is 20.9. The molecule has 122 valence electrons. The van der Waals surface area contributed by atoms with Crippen LogP contribution in [0.2, 0.25) is 10.0 Å². The van der Waals surface area contributed by atoms with Gasteiger partial charge in [0.15, 0.2) is 17.2 Å². The van der Waals surface area contributed by atoms with Crippen molar-refractivity contribution in [2.24, 2.45) is 0 Å². The maximum absolute atomic E-state index is 10.1. The predicted molar refractivity (Wildman–Crippen MR) is 97.0 cm³/mol. The normalized spacial score (nSPS) is 11.3. The molecule has 24 heavy (non-hydrogen) atoms.